The lowest BCUT2D eigenvalue weighted by Crippen LogP contribution is -2.05. The van der Waals surface area contributed by atoms with E-state index in [1.54, 1.807) is 26.4 Å². The smallest absolute Gasteiger partial charge is 0.167 e. The summed E-state index contributed by atoms with van der Waals surface area (Å²) in [5.74, 6) is 1.57. The van der Waals surface area contributed by atoms with Gasteiger partial charge in [0.25, 0.3) is 0 Å². The molecule has 1 aromatic carbocycles. The summed E-state index contributed by atoms with van der Waals surface area (Å²) >= 11 is 5.55. The molecule has 88 valence electrons. The van der Waals surface area contributed by atoms with Gasteiger partial charge in [-0.1, -0.05) is 0 Å². The highest BCUT2D eigenvalue weighted by atomic mass is 35.5. The fourth-order valence-corrected chi connectivity index (χ4v) is 1.77. The summed E-state index contributed by atoms with van der Waals surface area (Å²) in [7, 11) is 3.13. The lowest BCUT2D eigenvalue weighted by atomic mass is 10.0. The molecule has 0 saturated heterocycles. The van der Waals surface area contributed by atoms with Crippen LogP contribution in [0.1, 0.15) is 22.3 Å². The van der Waals surface area contributed by atoms with Gasteiger partial charge in [0.05, 0.1) is 19.8 Å². The molecule has 0 aromatic heterocycles. The number of benzene rings is 1. The Morgan fingerprint density at radius 1 is 1.31 bits per heavy atom. The number of ketones is 1. The van der Waals surface area contributed by atoms with Crippen LogP contribution in [0.15, 0.2) is 12.1 Å². The summed E-state index contributed by atoms with van der Waals surface area (Å²) in [6.45, 7) is 1.86. The van der Waals surface area contributed by atoms with Gasteiger partial charge in [0.2, 0.25) is 0 Å². The zero-order valence-corrected chi connectivity index (χ0v) is 10.4. The second-order valence-corrected chi connectivity index (χ2v) is 3.71. The van der Waals surface area contributed by atoms with Gasteiger partial charge in [0.15, 0.2) is 5.78 Å². The maximum Gasteiger partial charge on any atom is 0.167 e. The van der Waals surface area contributed by atoms with Crippen molar-refractivity contribution in [3.05, 3.63) is 23.3 Å². The minimum Gasteiger partial charge on any atom is -0.496 e. The molecule has 16 heavy (non-hydrogen) atoms. The van der Waals surface area contributed by atoms with Crippen molar-refractivity contribution in [1.82, 2.24) is 0 Å². The normalized spacial score (nSPS) is 10.0. The molecule has 0 saturated carbocycles. The van der Waals surface area contributed by atoms with Gasteiger partial charge in [-0.25, -0.2) is 0 Å². The van der Waals surface area contributed by atoms with Crippen LogP contribution in [0.4, 0.5) is 0 Å². The number of methoxy groups -OCH3 is 2. The molecule has 0 unspecified atom stereocenters. The topological polar surface area (TPSA) is 35.5 Å². The van der Waals surface area contributed by atoms with Crippen LogP contribution in [0, 0.1) is 6.92 Å². The number of carbonyl (C=O) groups excluding carboxylic acids is 1. The zero-order chi connectivity index (χ0) is 12.1. The molecule has 0 spiro atoms. The molecule has 0 radical (unpaired) electrons. The van der Waals surface area contributed by atoms with Gasteiger partial charge < -0.3 is 9.47 Å². The Hall–Kier alpha value is -1.22. The Labute approximate surface area is 100 Å². The Kier molecular flexibility index (Phi) is 4.62. The van der Waals surface area contributed by atoms with Gasteiger partial charge in [0.1, 0.15) is 11.5 Å². The summed E-state index contributed by atoms with van der Waals surface area (Å²) in [5.41, 5.74) is 1.38. The highest BCUT2D eigenvalue weighted by Crippen LogP contribution is 2.31. The van der Waals surface area contributed by atoms with Crippen molar-refractivity contribution in [2.45, 2.75) is 13.3 Å². The van der Waals surface area contributed by atoms with E-state index in [0.717, 1.165) is 5.56 Å². The van der Waals surface area contributed by atoms with Crippen LogP contribution in [0.5, 0.6) is 11.5 Å². The van der Waals surface area contributed by atoms with E-state index in [1.165, 1.54) is 0 Å². The quantitative estimate of drug-likeness (QED) is 0.588. The van der Waals surface area contributed by atoms with Crippen molar-refractivity contribution >= 4 is 17.4 Å². The fraction of sp³-hybridized carbons (Fsp3) is 0.417. The average molecular weight is 243 g/mol. The number of hydrogen-bond acceptors (Lipinski definition) is 3. The predicted octanol–water partition coefficient (Wildman–Crippen LogP) is 2.82. The number of rotatable bonds is 5. The van der Waals surface area contributed by atoms with Crippen LogP contribution in [0.3, 0.4) is 0 Å². The summed E-state index contributed by atoms with van der Waals surface area (Å²) in [6, 6.07) is 3.47. The second kappa shape index (κ2) is 5.75. The van der Waals surface area contributed by atoms with Crippen LogP contribution >= 0.6 is 11.6 Å². The standard InChI is InChI=1S/C12H15ClO3/c1-8-11(15-2)5-4-9(12(8)16-3)10(14)6-7-13/h4-5H,6-7H2,1-3H3. The van der Waals surface area contributed by atoms with Crippen molar-refractivity contribution in [3.63, 3.8) is 0 Å². The number of Topliss-reactive ketones (excluding diaryl/α,β-unsaturated/α-hetero) is 1. The maximum atomic E-state index is 11.8. The molecule has 0 N–H and O–H groups in total. The van der Waals surface area contributed by atoms with Crippen molar-refractivity contribution in [2.24, 2.45) is 0 Å². The third-order valence-corrected chi connectivity index (χ3v) is 2.59. The minimum atomic E-state index is -0.0161. The van der Waals surface area contributed by atoms with Crippen molar-refractivity contribution in [1.29, 1.82) is 0 Å². The van der Waals surface area contributed by atoms with Crippen molar-refractivity contribution in [3.8, 4) is 11.5 Å². The molecule has 1 aromatic rings. The van der Waals surface area contributed by atoms with E-state index in [4.69, 9.17) is 21.1 Å². The monoisotopic (exact) mass is 242 g/mol. The maximum absolute atomic E-state index is 11.8. The molecule has 3 nitrogen and oxygen atoms in total. The summed E-state index contributed by atoms with van der Waals surface area (Å²) in [6.07, 6.45) is 0.309. The van der Waals surface area contributed by atoms with Gasteiger partial charge in [-0.15, -0.1) is 11.6 Å². The van der Waals surface area contributed by atoms with E-state index in [-0.39, 0.29) is 5.78 Å². The molecule has 0 bridgehead atoms. The SMILES string of the molecule is COc1ccc(C(=O)CCCl)c(OC)c1C. The van der Waals surface area contributed by atoms with Crippen molar-refractivity contribution in [2.75, 3.05) is 20.1 Å². The average Bonchev–Trinajstić information content (AvgIpc) is 2.28. The van der Waals surface area contributed by atoms with Gasteiger partial charge in [0, 0.05) is 17.9 Å². The Balaban J connectivity index is 3.20. The zero-order valence-electron chi connectivity index (χ0n) is 9.67. The highest BCUT2D eigenvalue weighted by Gasteiger charge is 2.16. The van der Waals surface area contributed by atoms with Crippen molar-refractivity contribution < 1.29 is 14.3 Å². The molecule has 0 atom stereocenters. The third-order valence-electron chi connectivity index (χ3n) is 2.40. The number of halogens is 1. The first-order valence-corrected chi connectivity index (χ1v) is 5.49. The molecule has 0 aliphatic heterocycles. The third kappa shape index (κ3) is 2.47. The Morgan fingerprint density at radius 3 is 2.50 bits per heavy atom. The first kappa shape index (κ1) is 12.8. The molecule has 0 heterocycles. The van der Waals surface area contributed by atoms with Crippen LogP contribution < -0.4 is 9.47 Å². The Morgan fingerprint density at radius 2 is 2.00 bits per heavy atom. The van der Waals surface area contributed by atoms with Crippen LogP contribution in [0.2, 0.25) is 0 Å². The molecular formula is C12H15ClO3. The summed E-state index contributed by atoms with van der Waals surface area (Å²) in [4.78, 5) is 11.8. The second-order valence-electron chi connectivity index (χ2n) is 3.34. The van der Waals surface area contributed by atoms with E-state index in [0.29, 0.717) is 29.4 Å². The molecule has 0 fully saturated rings. The van der Waals surface area contributed by atoms with Gasteiger partial charge in [-0.05, 0) is 19.1 Å². The number of hydrogen-bond donors (Lipinski definition) is 0. The molecule has 0 aliphatic rings. The Bertz CT molecular complexity index is 388. The molecule has 0 amide bonds. The number of alkyl halides is 1. The van der Waals surface area contributed by atoms with E-state index in [1.807, 2.05) is 6.92 Å². The largest absolute Gasteiger partial charge is 0.496 e. The summed E-state index contributed by atoms with van der Waals surface area (Å²) < 4.78 is 10.4. The first-order valence-electron chi connectivity index (χ1n) is 4.96. The number of carbonyl (C=O) groups is 1. The van der Waals surface area contributed by atoms with E-state index < -0.39 is 0 Å². The van der Waals surface area contributed by atoms with E-state index in [9.17, 15) is 4.79 Å². The summed E-state index contributed by atoms with van der Waals surface area (Å²) in [5, 5.41) is 0. The fourth-order valence-electron chi connectivity index (χ4n) is 1.60. The van der Waals surface area contributed by atoms with Crippen LogP contribution in [-0.2, 0) is 0 Å². The minimum absolute atomic E-state index is 0.0161. The highest BCUT2D eigenvalue weighted by molar-refractivity contribution is 6.19. The van der Waals surface area contributed by atoms with Gasteiger partial charge in [-0.3, -0.25) is 4.79 Å². The molecule has 1 rings (SSSR count). The lowest BCUT2D eigenvalue weighted by Gasteiger charge is -2.13. The lowest BCUT2D eigenvalue weighted by molar-refractivity contribution is 0.0986. The number of ether oxygens (including phenoxy) is 2. The molecule has 4 heteroatoms. The van der Waals surface area contributed by atoms with E-state index >= 15 is 0 Å². The predicted molar refractivity (Wildman–Crippen MR) is 64.0 cm³/mol. The van der Waals surface area contributed by atoms with Crippen LogP contribution in [-0.4, -0.2) is 25.9 Å². The molecule has 0 aliphatic carbocycles. The first-order chi connectivity index (χ1) is 7.65. The van der Waals surface area contributed by atoms with E-state index in [2.05, 4.69) is 0 Å². The van der Waals surface area contributed by atoms with Gasteiger partial charge >= 0.3 is 0 Å². The molecular weight excluding hydrogens is 228 g/mol. The van der Waals surface area contributed by atoms with Gasteiger partial charge in [-0.2, -0.15) is 0 Å². The van der Waals surface area contributed by atoms with Crippen LogP contribution in [0.25, 0.3) is 0 Å².